The van der Waals surface area contributed by atoms with Gasteiger partial charge in [0.1, 0.15) is 4.90 Å². The minimum absolute atomic E-state index is 0.0455. The summed E-state index contributed by atoms with van der Waals surface area (Å²) in [4.78, 5) is 25.5. The monoisotopic (exact) mass is 402 g/mol. The number of carbonyl (C=O) groups excluding carboxylic acids is 2. The summed E-state index contributed by atoms with van der Waals surface area (Å²) in [5.41, 5.74) is 5.95. The van der Waals surface area contributed by atoms with Crippen LogP contribution in [0.2, 0.25) is 0 Å². The van der Waals surface area contributed by atoms with Crippen LogP contribution >= 0.6 is 0 Å². The number of unbranched alkanes of at least 4 members (excludes halogenated alkanes) is 3. The first kappa shape index (κ1) is 20.0. The minimum Gasteiger partial charge on any atom is -0.397 e. The third-order valence-electron chi connectivity index (χ3n) is 4.82. The van der Waals surface area contributed by atoms with Crippen LogP contribution in [-0.4, -0.2) is 31.1 Å². The first-order valence-electron chi connectivity index (χ1n) is 9.13. The van der Waals surface area contributed by atoms with Gasteiger partial charge in [-0.3, -0.25) is 14.1 Å². The lowest BCUT2D eigenvalue weighted by Crippen LogP contribution is -2.25. The molecule has 28 heavy (non-hydrogen) atoms. The Labute approximate surface area is 163 Å². The number of nitrogens with two attached hydrogens (primary N) is 1. The van der Waals surface area contributed by atoms with Crippen LogP contribution in [0.4, 0.5) is 11.4 Å². The van der Waals surface area contributed by atoms with E-state index >= 15 is 0 Å². The average Bonchev–Trinajstić information content (AvgIpc) is 2.65. The summed E-state index contributed by atoms with van der Waals surface area (Å²) >= 11 is 0. The van der Waals surface area contributed by atoms with Crippen molar-refractivity contribution in [1.82, 2.24) is 0 Å². The second-order valence-corrected chi connectivity index (χ2v) is 8.14. The zero-order valence-corrected chi connectivity index (χ0v) is 16.3. The normalized spacial score (nSPS) is 13.2. The molecule has 2 aromatic rings. The molecule has 0 saturated heterocycles. The summed E-state index contributed by atoms with van der Waals surface area (Å²) in [5.74, 6) is -0.947. The van der Waals surface area contributed by atoms with E-state index in [4.69, 9.17) is 5.73 Å². The van der Waals surface area contributed by atoms with E-state index in [2.05, 4.69) is 12.2 Å². The number of rotatable bonds is 7. The smallest absolute Gasteiger partial charge is 0.296 e. The summed E-state index contributed by atoms with van der Waals surface area (Å²) in [6.45, 7) is 2.58. The number of benzene rings is 2. The maximum atomic E-state index is 13.1. The van der Waals surface area contributed by atoms with E-state index in [-0.39, 0.29) is 27.9 Å². The highest BCUT2D eigenvalue weighted by Crippen LogP contribution is 2.39. The van der Waals surface area contributed by atoms with Crippen molar-refractivity contribution in [2.45, 2.75) is 37.5 Å². The van der Waals surface area contributed by atoms with Crippen LogP contribution in [-0.2, 0) is 10.1 Å². The van der Waals surface area contributed by atoms with Gasteiger partial charge in [0.2, 0.25) is 0 Å². The Morgan fingerprint density at radius 3 is 2.18 bits per heavy atom. The number of carbonyl (C=O) groups is 2. The van der Waals surface area contributed by atoms with Crippen LogP contribution in [0.25, 0.3) is 0 Å². The quantitative estimate of drug-likeness (QED) is 0.314. The maximum absolute atomic E-state index is 13.1. The lowest BCUT2D eigenvalue weighted by molar-refractivity contribution is 0.0980. The van der Waals surface area contributed by atoms with Crippen LogP contribution < -0.4 is 11.1 Å². The van der Waals surface area contributed by atoms with E-state index in [0.29, 0.717) is 6.54 Å². The molecule has 7 nitrogen and oxygen atoms in total. The van der Waals surface area contributed by atoms with Gasteiger partial charge in [-0.1, -0.05) is 50.5 Å². The molecular formula is C20H22N2O5S. The first-order chi connectivity index (χ1) is 13.3. The molecule has 0 fully saturated rings. The molecular weight excluding hydrogens is 380 g/mol. The molecule has 0 aliphatic heterocycles. The molecule has 4 N–H and O–H groups in total. The Morgan fingerprint density at radius 1 is 1.00 bits per heavy atom. The molecule has 148 valence electrons. The van der Waals surface area contributed by atoms with Crippen molar-refractivity contribution < 1.29 is 22.6 Å². The molecule has 3 rings (SSSR count). The Kier molecular flexibility index (Phi) is 5.53. The molecule has 0 unspecified atom stereocenters. The molecule has 0 spiro atoms. The number of anilines is 2. The van der Waals surface area contributed by atoms with Crippen molar-refractivity contribution >= 4 is 33.1 Å². The van der Waals surface area contributed by atoms with Gasteiger partial charge in [0, 0.05) is 23.4 Å². The number of hydrogen-bond acceptors (Lipinski definition) is 6. The van der Waals surface area contributed by atoms with Gasteiger partial charge >= 0.3 is 0 Å². The number of fused-ring (bicyclic) bond motifs is 2. The van der Waals surface area contributed by atoms with Gasteiger partial charge in [-0.05, 0) is 12.5 Å². The van der Waals surface area contributed by atoms with Crippen molar-refractivity contribution in [3.63, 3.8) is 0 Å². The summed E-state index contributed by atoms with van der Waals surface area (Å²) in [5, 5.41) is 3.05. The molecule has 0 atom stereocenters. The Balaban J connectivity index is 2.15. The van der Waals surface area contributed by atoms with Crippen LogP contribution in [0.3, 0.4) is 0 Å². The molecule has 1 aliphatic rings. The molecule has 0 saturated carbocycles. The van der Waals surface area contributed by atoms with Crippen molar-refractivity contribution in [2.24, 2.45) is 0 Å². The zero-order chi connectivity index (χ0) is 20.5. The summed E-state index contributed by atoms with van der Waals surface area (Å²) in [6, 6.07) is 7.45. The fraction of sp³-hybridized carbons (Fsp3) is 0.300. The Hall–Kier alpha value is -2.71. The molecule has 8 heteroatoms. The van der Waals surface area contributed by atoms with Gasteiger partial charge < -0.3 is 11.1 Å². The molecule has 2 aromatic carbocycles. The fourth-order valence-electron chi connectivity index (χ4n) is 3.42. The van der Waals surface area contributed by atoms with Crippen molar-refractivity contribution in [2.75, 3.05) is 17.6 Å². The van der Waals surface area contributed by atoms with E-state index in [9.17, 15) is 22.6 Å². The van der Waals surface area contributed by atoms with Crippen molar-refractivity contribution in [1.29, 1.82) is 0 Å². The molecule has 1 aliphatic carbocycles. The second kappa shape index (κ2) is 7.73. The predicted molar refractivity (Wildman–Crippen MR) is 107 cm³/mol. The highest BCUT2D eigenvalue weighted by Gasteiger charge is 2.36. The predicted octanol–water partition coefficient (Wildman–Crippen LogP) is 3.28. The third-order valence-corrected chi connectivity index (χ3v) is 5.72. The third kappa shape index (κ3) is 3.53. The zero-order valence-electron chi connectivity index (χ0n) is 15.5. The van der Waals surface area contributed by atoms with Crippen LogP contribution in [0.1, 0.15) is 64.4 Å². The largest absolute Gasteiger partial charge is 0.397 e. The Bertz CT molecular complexity index is 1060. The van der Waals surface area contributed by atoms with Gasteiger partial charge in [-0.2, -0.15) is 8.42 Å². The van der Waals surface area contributed by atoms with Crippen LogP contribution in [0.15, 0.2) is 35.2 Å². The fourth-order valence-corrected chi connectivity index (χ4v) is 4.07. The van der Waals surface area contributed by atoms with E-state index < -0.39 is 32.3 Å². The number of nitrogen functional groups attached to an aromatic ring is 1. The van der Waals surface area contributed by atoms with Gasteiger partial charge in [-0.15, -0.1) is 0 Å². The summed E-state index contributed by atoms with van der Waals surface area (Å²) in [7, 11) is -4.68. The van der Waals surface area contributed by atoms with E-state index in [1.807, 2.05) is 0 Å². The molecule has 0 aromatic heterocycles. The van der Waals surface area contributed by atoms with Crippen molar-refractivity contribution in [3.05, 3.63) is 52.6 Å². The van der Waals surface area contributed by atoms with Crippen molar-refractivity contribution in [3.8, 4) is 0 Å². The van der Waals surface area contributed by atoms with Gasteiger partial charge in [-0.25, -0.2) is 0 Å². The number of hydrogen-bond donors (Lipinski definition) is 3. The van der Waals surface area contributed by atoms with E-state index in [0.717, 1.165) is 31.7 Å². The van der Waals surface area contributed by atoms with Gasteiger partial charge in [0.15, 0.2) is 11.6 Å². The van der Waals surface area contributed by atoms with Crippen LogP contribution in [0, 0.1) is 0 Å². The summed E-state index contributed by atoms with van der Waals surface area (Å²) < 4.78 is 33.1. The SMILES string of the molecule is CCCCCCNc1cc(S(=O)(=O)O)c(N)c2c1C(=O)c1ccccc1C2=O. The van der Waals surface area contributed by atoms with Crippen LogP contribution in [0.5, 0.6) is 0 Å². The molecule has 0 radical (unpaired) electrons. The average molecular weight is 402 g/mol. The molecule has 0 heterocycles. The van der Waals surface area contributed by atoms with E-state index in [1.54, 1.807) is 18.2 Å². The van der Waals surface area contributed by atoms with E-state index in [1.165, 1.54) is 6.07 Å². The Morgan fingerprint density at radius 2 is 1.61 bits per heavy atom. The minimum atomic E-state index is -4.68. The van der Waals surface area contributed by atoms with Gasteiger partial charge in [0.25, 0.3) is 10.1 Å². The highest BCUT2D eigenvalue weighted by atomic mass is 32.2. The molecule has 0 bridgehead atoms. The second-order valence-electron chi connectivity index (χ2n) is 6.75. The maximum Gasteiger partial charge on any atom is 0.296 e. The first-order valence-corrected chi connectivity index (χ1v) is 10.6. The highest BCUT2D eigenvalue weighted by molar-refractivity contribution is 7.86. The standard InChI is InChI=1S/C20H22N2O5S/c1-2-3-4-7-10-22-14-11-15(28(25,26)27)18(21)17-16(14)19(23)12-8-5-6-9-13(12)20(17)24/h5-6,8-9,11,22H,2-4,7,10,21H2,1H3,(H,25,26,27). The topological polar surface area (TPSA) is 127 Å². The molecule has 0 amide bonds. The number of nitrogens with one attached hydrogen (secondary N) is 1. The lowest BCUT2D eigenvalue weighted by atomic mass is 9.82. The number of ketones is 2. The summed E-state index contributed by atoms with van der Waals surface area (Å²) in [6.07, 6.45) is 3.91. The van der Waals surface area contributed by atoms with Gasteiger partial charge in [0.05, 0.1) is 16.8 Å². The lowest BCUT2D eigenvalue weighted by Gasteiger charge is -2.23.